The molecule has 0 aromatic carbocycles. The van der Waals surface area contributed by atoms with Crippen LogP contribution in [0.15, 0.2) is 12.4 Å². The lowest BCUT2D eigenvalue weighted by Gasteiger charge is -2.21. The molecule has 0 amide bonds. The van der Waals surface area contributed by atoms with Crippen LogP contribution in [0.3, 0.4) is 0 Å². The van der Waals surface area contributed by atoms with E-state index in [0.29, 0.717) is 5.41 Å². The first-order valence-corrected chi connectivity index (χ1v) is 6.48. The predicted octanol–water partition coefficient (Wildman–Crippen LogP) is 1.45. The Labute approximate surface area is 104 Å². The maximum atomic E-state index is 6.12. The molecular formula is C13H24N4. The molecule has 0 aliphatic heterocycles. The fourth-order valence-electron chi connectivity index (χ4n) is 2.34. The third-order valence-corrected chi connectivity index (χ3v) is 4.11. The monoisotopic (exact) mass is 236 g/mol. The molecule has 1 aliphatic carbocycles. The first-order valence-electron chi connectivity index (χ1n) is 6.48. The van der Waals surface area contributed by atoms with Gasteiger partial charge in [0.15, 0.2) is 0 Å². The summed E-state index contributed by atoms with van der Waals surface area (Å²) in [5.74, 6) is 0.768. The third-order valence-electron chi connectivity index (χ3n) is 4.11. The van der Waals surface area contributed by atoms with Crippen molar-refractivity contribution in [2.45, 2.75) is 32.7 Å². The maximum absolute atomic E-state index is 6.12. The van der Waals surface area contributed by atoms with E-state index in [4.69, 9.17) is 5.73 Å². The fraction of sp³-hybridized carbons (Fsp3) is 0.769. The highest BCUT2D eigenvalue weighted by Crippen LogP contribution is 2.51. The highest BCUT2D eigenvalue weighted by atomic mass is 15.2. The van der Waals surface area contributed by atoms with Gasteiger partial charge in [0.05, 0.1) is 6.20 Å². The molecule has 2 rings (SSSR count). The molecule has 96 valence electrons. The van der Waals surface area contributed by atoms with Gasteiger partial charge < -0.3 is 11.1 Å². The van der Waals surface area contributed by atoms with Gasteiger partial charge in [-0.25, -0.2) is 0 Å². The molecule has 1 atom stereocenters. The summed E-state index contributed by atoms with van der Waals surface area (Å²) >= 11 is 0. The van der Waals surface area contributed by atoms with Gasteiger partial charge in [0.1, 0.15) is 0 Å². The van der Waals surface area contributed by atoms with E-state index in [1.165, 1.54) is 12.8 Å². The summed E-state index contributed by atoms with van der Waals surface area (Å²) in [4.78, 5) is 0. The molecule has 0 radical (unpaired) electrons. The fourth-order valence-corrected chi connectivity index (χ4v) is 2.34. The van der Waals surface area contributed by atoms with E-state index in [-0.39, 0.29) is 6.04 Å². The molecular weight excluding hydrogens is 212 g/mol. The van der Waals surface area contributed by atoms with Crippen molar-refractivity contribution in [2.75, 3.05) is 13.1 Å². The zero-order chi connectivity index (χ0) is 12.5. The van der Waals surface area contributed by atoms with Crippen molar-refractivity contribution in [3.63, 3.8) is 0 Å². The molecule has 1 saturated carbocycles. The Balaban J connectivity index is 1.75. The van der Waals surface area contributed by atoms with Gasteiger partial charge in [-0.05, 0) is 24.2 Å². The van der Waals surface area contributed by atoms with Crippen LogP contribution in [0.2, 0.25) is 0 Å². The first-order chi connectivity index (χ1) is 8.03. The zero-order valence-corrected chi connectivity index (χ0v) is 11.1. The van der Waals surface area contributed by atoms with Gasteiger partial charge in [0.25, 0.3) is 0 Å². The van der Waals surface area contributed by atoms with Crippen molar-refractivity contribution in [2.24, 2.45) is 24.1 Å². The van der Waals surface area contributed by atoms with Crippen molar-refractivity contribution in [1.82, 2.24) is 15.1 Å². The summed E-state index contributed by atoms with van der Waals surface area (Å²) in [5.41, 5.74) is 7.77. The van der Waals surface area contributed by atoms with E-state index >= 15 is 0 Å². The summed E-state index contributed by atoms with van der Waals surface area (Å²) in [6.45, 7) is 6.56. The van der Waals surface area contributed by atoms with E-state index < -0.39 is 0 Å². The van der Waals surface area contributed by atoms with Crippen molar-refractivity contribution < 1.29 is 0 Å². The summed E-state index contributed by atoms with van der Waals surface area (Å²) in [7, 11) is 1.92. The molecule has 1 aromatic heterocycles. The lowest BCUT2D eigenvalue weighted by molar-refractivity contribution is 0.335. The van der Waals surface area contributed by atoms with Gasteiger partial charge in [0.2, 0.25) is 0 Å². The molecule has 1 heterocycles. The summed E-state index contributed by atoms with van der Waals surface area (Å²) in [6.07, 6.45) is 6.56. The lowest BCUT2D eigenvalue weighted by atomic mass is 9.92. The van der Waals surface area contributed by atoms with Crippen LogP contribution in [0.5, 0.6) is 0 Å². The standard InChI is InChI=1S/C13H24N4/c1-10(2)13(4-5-13)9-15-7-12(14)11-6-16-17(3)8-11/h6,8,10,12,15H,4-5,7,9,14H2,1-3H3. The molecule has 0 spiro atoms. The second kappa shape index (κ2) is 4.78. The van der Waals surface area contributed by atoms with E-state index in [9.17, 15) is 0 Å². The number of hydrogen-bond donors (Lipinski definition) is 2. The second-order valence-electron chi connectivity index (χ2n) is 5.70. The molecule has 1 unspecified atom stereocenters. The Morgan fingerprint density at radius 3 is 2.71 bits per heavy atom. The molecule has 4 heteroatoms. The minimum Gasteiger partial charge on any atom is -0.323 e. The molecule has 1 aliphatic rings. The number of aromatic nitrogens is 2. The lowest BCUT2D eigenvalue weighted by Crippen LogP contribution is -2.33. The quantitative estimate of drug-likeness (QED) is 0.786. The average molecular weight is 236 g/mol. The van der Waals surface area contributed by atoms with Crippen LogP contribution in [-0.4, -0.2) is 22.9 Å². The van der Waals surface area contributed by atoms with Crippen molar-refractivity contribution >= 4 is 0 Å². The minimum absolute atomic E-state index is 0.0478. The molecule has 0 saturated heterocycles. The van der Waals surface area contributed by atoms with Crippen LogP contribution in [0, 0.1) is 11.3 Å². The number of rotatable bonds is 6. The Morgan fingerprint density at radius 2 is 2.24 bits per heavy atom. The molecule has 0 bridgehead atoms. The Bertz CT molecular complexity index is 365. The van der Waals surface area contributed by atoms with Crippen LogP contribution in [-0.2, 0) is 7.05 Å². The Morgan fingerprint density at radius 1 is 1.53 bits per heavy atom. The van der Waals surface area contributed by atoms with E-state index in [1.54, 1.807) is 4.68 Å². The molecule has 1 fully saturated rings. The number of aryl methyl sites for hydroxylation is 1. The van der Waals surface area contributed by atoms with E-state index in [0.717, 1.165) is 24.6 Å². The van der Waals surface area contributed by atoms with Crippen LogP contribution in [0.4, 0.5) is 0 Å². The van der Waals surface area contributed by atoms with Crippen molar-refractivity contribution in [3.05, 3.63) is 18.0 Å². The summed E-state index contributed by atoms with van der Waals surface area (Å²) in [6, 6.07) is 0.0478. The zero-order valence-electron chi connectivity index (χ0n) is 11.1. The second-order valence-corrected chi connectivity index (χ2v) is 5.70. The van der Waals surface area contributed by atoms with Gasteiger partial charge in [0, 0.05) is 37.9 Å². The normalized spacial score (nSPS) is 19.6. The van der Waals surface area contributed by atoms with Gasteiger partial charge >= 0.3 is 0 Å². The predicted molar refractivity (Wildman–Crippen MR) is 69.5 cm³/mol. The first kappa shape index (κ1) is 12.6. The van der Waals surface area contributed by atoms with Gasteiger partial charge in [-0.1, -0.05) is 13.8 Å². The van der Waals surface area contributed by atoms with Gasteiger partial charge in [-0.2, -0.15) is 5.10 Å². The summed E-state index contributed by atoms with van der Waals surface area (Å²) in [5, 5.41) is 7.66. The number of nitrogens with zero attached hydrogens (tertiary/aromatic N) is 2. The SMILES string of the molecule is CC(C)C1(CNCC(N)c2cnn(C)c2)CC1. The van der Waals surface area contributed by atoms with Gasteiger partial charge in [-0.15, -0.1) is 0 Å². The van der Waals surface area contributed by atoms with Crippen LogP contribution >= 0.6 is 0 Å². The van der Waals surface area contributed by atoms with Crippen LogP contribution in [0.25, 0.3) is 0 Å². The highest BCUT2D eigenvalue weighted by Gasteiger charge is 2.44. The smallest absolute Gasteiger partial charge is 0.0537 e. The van der Waals surface area contributed by atoms with Crippen LogP contribution in [0.1, 0.15) is 38.3 Å². The maximum Gasteiger partial charge on any atom is 0.0537 e. The third kappa shape index (κ3) is 2.87. The van der Waals surface area contributed by atoms with E-state index in [1.807, 2.05) is 19.4 Å². The van der Waals surface area contributed by atoms with Crippen LogP contribution < -0.4 is 11.1 Å². The number of nitrogens with one attached hydrogen (secondary N) is 1. The minimum atomic E-state index is 0.0478. The molecule has 17 heavy (non-hydrogen) atoms. The molecule has 3 N–H and O–H groups in total. The largest absolute Gasteiger partial charge is 0.323 e. The molecule has 4 nitrogen and oxygen atoms in total. The number of hydrogen-bond acceptors (Lipinski definition) is 3. The summed E-state index contributed by atoms with van der Waals surface area (Å²) < 4.78 is 1.80. The number of nitrogens with two attached hydrogens (primary N) is 1. The van der Waals surface area contributed by atoms with Gasteiger partial charge in [-0.3, -0.25) is 4.68 Å². The Hall–Kier alpha value is -0.870. The Kier molecular flexibility index (Phi) is 3.54. The van der Waals surface area contributed by atoms with E-state index in [2.05, 4.69) is 24.3 Å². The topological polar surface area (TPSA) is 55.9 Å². The van der Waals surface area contributed by atoms with Crippen molar-refractivity contribution in [3.8, 4) is 0 Å². The van der Waals surface area contributed by atoms with Crippen molar-refractivity contribution in [1.29, 1.82) is 0 Å². The average Bonchev–Trinajstić information content (AvgIpc) is 2.94. The molecule has 1 aromatic rings. The highest BCUT2D eigenvalue weighted by molar-refractivity contribution is 5.10.